The zero-order valence-electron chi connectivity index (χ0n) is 17.1. The summed E-state index contributed by atoms with van der Waals surface area (Å²) < 4.78 is 2.94. The first-order valence-corrected chi connectivity index (χ1v) is 10.5. The van der Waals surface area contributed by atoms with Gasteiger partial charge in [-0.2, -0.15) is 5.10 Å². The van der Waals surface area contributed by atoms with E-state index in [1.807, 2.05) is 49.0 Å². The summed E-state index contributed by atoms with van der Waals surface area (Å²) in [4.78, 5) is 20.2. The summed E-state index contributed by atoms with van der Waals surface area (Å²) in [6.45, 7) is 9.29. The van der Waals surface area contributed by atoms with E-state index in [1.54, 1.807) is 22.4 Å². The molecule has 148 valence electrons. The maximum absolute atomic E-state index is 13.5. The van der Waals surface area contributed by atoms with Crippen LogP contribution in [0.15, 0.2) is 48.8 Å². The van der Waals surface area contributed by atoms with E-state index in [2.05, 4.69) is 31.1 Å². The Bertz CT molecular complexity index is 1180. The fourth-order valence-electron chi connectivity index (χ4n) is 3.59. The van der Waals surface area contributed by atoms with E-state index in [1.165, 1.54) is 5.56 Å². The molecule has 29 heavy (non-hydrogen) atoms. The quantitative estimate of drug-likeness (QED) is 0.466. The van der Waals surface area contributed by atoms with Crippen molar-refractivity contribution in [2.45, 2.75) is 34.2 Å². The van der Waals surface area contributed by atoms with Crippen LogP contribution in [0.2, 0.25) is 0 Å². The third-order valence-electron chi connectivity index (χ3n) is 5.02. The van der Waals surface area contributed by atoms with Crippen LogP contribution in [0.4, 0.5) is 5.13 Å². The molecule has 0 atom stereocenters. The zero-order chi connectivity index (χ0) is 20.5. The highest BCUT2D eigenvalue weighted by molar-refractivity contribution is 7.22. The highest BCUT2D eigenvalue weighted by Gasteiger charge is 2.23. The number of nitrogens with zero attached hydrogens (tertiary/aromatic N) is 4. The Balaban J connectivity index is 1.75. The molecule has 2 heterocycles. The molecule has 0 saturated heterocycles. The van der Waals surface area contributed by atoms with E-state index in [9.17, 15) is 4.79 Å². The summed E-state index contributed by atoms with van der Waals surface area (Å²) in [6, 6.07) is 12.1. The lowest BCUT2D eigenvalue weighted by Gasteiger charge is -2.21. The summed E-state index contributed by atoms with van der Waals surface area (Å²) >= 11 is 1.57. The van der Waals surface area contributed by atoms with Gasteiger partial charge in [0, 0.05) is 24.5 Å². The number of benzene rings is 2. The molecule has 0 aliphatic carbocycles. The van der Waals surface area contributed by atoms with Gasteiger partial charge in [-0.05, 0) is 62.6 Å². The number of carbonyl (C=O) groups excluding carboxylic acids is 1. The average molecular weight is 405 g/mol. The van der Waals surface area contributed by atoms with Gasteiger partial charge in [0.2, 0.25) is 0 Å². The first kappa shape index (κ1) is 19.3. The number of aryl methyl sites for hydroxylation is 4. The molecule has 0 bridgehead atoms. The lowest BCUT2D eigenvalue weighted by atomic mass is 10.0. The molecule has 0 fully saturated rings. The maximum atomic E-state index is 13.5. The van der Waals surface area contributed by atoms with E-state index < -0.39 is 0 Å². The molecule has 4 aromatic rings. The third-order valence-corrected chi connectivity index (χ3v) is 6.04. The van der Waals surface area contributed by atoms with E-state index in [0.29, 0.717) is 18.7 Å². The lowest BCUT2D eigenvalue weighted by molar-refractivity contribution is 0.0985. The van der Waals surface area contributed by atoms with Gasteiger partial charge in [-0.15, -0.1) is 0 Å². The second-order valence-corrected chi connectivity index (χ2v) is 8.48. The number of anilines is 1. The topological polar surface area (TPSA) is 51.0 Å². The Morgan fingerprint density at radius 3 is 2.59 bits per heavy atom. The van der Waals surface area contributed by atoms with Crippen LogP contribution in [0.3, 0.4) is 0 Å². The van der Waals surface area contributed by atoms with Crippen LogP contribution in [-0.4, -0.2) is 27.2 Å². The first-order valence-electron chi connectivity index (χ1n) is 9.67. The summed E-state index contributed by atoms with van der Waals surface area (Å²) in [7, 11) is 0. The fraction of sp³-hybridized carbons (Fsp3) is 0.261. The van der Waals surface area contributed by atoms with Gasteiger partial charge >= 0.3 is 0 Å². The molecular weight excluding hydrogens is 380 g/mol. The van der Waals surface area contributed by atoms with E-state index in [0.717, 1.165) is 32.0 Å². The molecule has 0 saturated carbocycles. The Kier molecular flexibility index (Phi) is 5.20. The number of amides is 1. The minimum absolute atomic E-state index is 0.0249. The van der Waals surface area contributed by atoms with Crippen LogP contribution in [0.5, 0.6) is 0 Å². The van der Waals surface area contributed by atoms with E-state index in [4.69, 9.17) is 4.98 Å². The summed E-state index contributed by atoms with van der Waals surface area (Å²) in [5.74, 6) is -0.0249. The van der Waals surface area contributed by atoms with Crippen LogP contribution in [0.25, 0.3) is 10.2 Å². The van der Waals surface area contributed by atoms with Gasteiger partial charge in [-0.3, -0.25) is 14.4 Å². The van der Waals surface area contributed by atoms with Crippen LogP contribution < -0.4 is 4.90 Å². The van der Waals surface area contributed by atoms with Crippen molar-refractivity contribution in [3.63, 3.8) is 0 Å². The Morgan fingerprint density at radius 1 is 1.07 bits per heavy atom. The standard InChI is InChI=1S/C23H24N4OS/c1-15-6-7-19(17(3)12-15)22(28)27(11-10-26-9-5-8-24-26)23-25-21-18(4)13-16(2)14-20(21)29-23/h5-9,12-14H,10-11H2,1-4H3. The number of rotatable bonds is 5. The number of fused-ring (bicyclic) bond motifs is 1. The maximum Gasteiger partial charge on any atom is 0.260 e. The molecule has 1 amide bonds. The molecule has 0 spiro atoms. The molecule has 6 heteroatoms. The third kappa shape index (κ3) is 3.93. The molecule has 5 nitrogen and oxygen atoms in total. The molecule has 4 rings (SSSR count). The smallest absolute Gasteiger partial charge is 0.260 e. The molecule has 2 aromatic heterocycles. The van der Waals surface area contributed by atoms with Gasteiger partial charge in [-0.25, -0.2) is 4.98 Å². The van der Waals surface area contributed by atoms with Crippen molar-refractivity contribution in [1.29, 1.82) is 0 Å². The Morgan fingerprint density at radius 2 is 1.86 bits per heavy atom. The monoisotopic (exact) mass is 404 g/mol. The Labute approximate surface area is 174 Å². The SMILES string of the molecule is Cc1ccc(C(=O)N(CCn2cccn2)c2nc3c(C)cc(C)cc3s2)c(C)c1. The molecule has 0 aliphatic heterocycles. The summed E-state index contributed by atoms with van der Waals surface area (Å²) in [5.41, 5.74) is 6.14. The van der Waals surface area contributed by atoms with Gasteiger partial charge in [0.1, 0.15) is 0 Å². The number of hydrogen-bond donors (Lipinski definition) is 0. The van der Waals surface area contributed by atoms with Gasteiger partial charge < -0.3 is 0 Å². The van der Waals surface area contributed by atoms with Crippen LogP contribution in [0.1, 0.15) is 32.6 Å². The van der Waals surface area contributed by atoms with Crippen molar-refractivity contribution < 1.29 is 4.79 Å². The van der Waals surface area contributed by atoms with Crippen LogP contribution >= 0.6 is 11.3 Å². The fourth-order valence-corrected chi connectivity index (χ4v) is 4.76. The molecule has 0 aliphatic rings. The number of hydrogen-bond acceptors (Lipinski definition) is 4. The molecular formula is C23H24N4OS. The van der Waals surface area contributed by atoms with Crippen molar-refractivity contribution in [2.75, 3.05) is 11.4 Å². The minimum Gasteiger partial charge on any atom is -0.282 e. The Hall–Kier alpha value is -2.99. The lowest BCUT2D eigenvalue weighted by Crippen LogP contribution is -2.34. The van der Waals surface area contributed by atoms with Crippen molar-refractivity contribution in [1.82, 2.24) is 14.8 Å². The van der Waals surface area contributed by atoms with E-state index in [-0.39, 0.29) is 5.91 Å². The van der Waals surface area contributed by atoms with Crippen LogP contribution in [0, 0.1) is 27.7 Å². The average Bonchev–Trinajstić information content (AvgIpc) is 3.31. The number of thiazole rings is 1. The number of carbonyl (C=O) groups is 1. The van der Waals surface area contributed by atoms with E-state index >= 15 is 0 Å². The molecule has 0 unspecified atom stereocenters. The summed E-state index contributed by atoms with van der Waals surface area (Å²) in [6.07, 6.45) is 3.66. The van der Waals surface area contributed by atoms with Crippen molar-refractivity contribution >= 4 is 32.6 Å². The minimum atomic E-state index is -0.0249. The highest BCUT2D eigenvalue weighted by atomic mass is 32.1. The zero-order valence-corrected chi connectivity index (χ0v) is 18.0. The van der Waals surface area contributed by atoms with Crippen molar-refractivity contribution in [3.8, 4) is 0 Å². The highest BCUT2D eigenvalue weighted by Crippen LogP contribution is 2.32. The van der Waals surface area contributed by atoms with Gasteiger partial charge in [-0.1, -0.05) is 35.1 Å². The largest absolute Gasteiger partial charge is 0.282 e. The molecule has 2 aromatic carbocycles. The predicted octanol–water partition coefficient (Wildman–Crippen LogP) is 5.07. The molecule has 0 radical (unpaired) electrons. The van der Waals surface area contributed by atoms with Crippen molar-refractivity contribution in [3.05, 3.63) is 76.6 Å². The second-order valence-electron chi connectivity index (χ2n) is 7.47. The molecule has 0 N–H and O–H groups in total. The van der Waals surface area contributed by atoms with Gasteiger partial charge in [0.15, 0.2) is 5.13 Å². The van der Waals surface area contributed by atoms with Gasteiger partial charge in [0.25, 0.3) is 5.91 Å². The summed E-state index contributed by atoms with van der Waals surface area (Å²) in [5, 5.41) is 5.00. The number of aromatic nitrogens is 3. The van der Waals surface area contributed by atoms with Gasteiger partial charge in [0.05, 0.1) is 16.8 Å². The van der Waals surface area contributed by atoms with Crippen molar-refractivity contribution in [2.24, 2.45) is 0 Å². The predicted molar refractivity (Wildman–Crippen MR) is 119 cm³/mol. The van der Waals surface area contributed by atoms with Crippen LogP contribution in [-0.2, 0) is 6.54 Å². The normalized spacial score (nSPS) is 11.2. The first-order chi connectivity index (χ1) is 13.9. The second kappa shape index (κ2) is 7.79.